The number of amides is 2. The Kier molecular flexibility index (Phi) is 5.68. The van der Waals surface area contributed by atoms with E-state index in [9.17, 15) is 14.0 Å². The average Bonchev–Trinajstić information content (AvgIpc) is 3.19. The van der Waals surface area contributed by atoms with E-state index in [1.54, 1.807) is 18.2 Å². The molecule has 2 aliphatic rings. The van der Waals surface area contributed by atoms with Crippen molar-refractivity contribution in [3.8, 4) is 0 Å². The summed E-state index contributed by atoms with van der Waals surface area (Å²) in [5.41, 5.74) is 0.676. The number of nitrogens with zero attached hydrogens (tertiary/aromatic N) is 3. The molecule has 0 spiro atoms. The number of imide groups is 1. The number of hydrogen-bond acceptors (Lipinski definition) is 7. The molecule has 6 nitrogen and oxygen atoms in total. The maximum Gasteiger partial charge on any atom is 0.293 e. The molecule has 2 saturated heterocycles. The predicted molar refractivity (Wildman–Crippen MR) is 108 cm³/mol. The third-order valence-corrected chi connectivity index (χ3v) is 6.64. The van der Waals surface area contributed by atoms with Gasteiger partial charge in [0.1, 0.15) is 11.0 Å². The van der Waals surface area contributed by atoms with Gasteiger partial charge in [-0.2, -0.15) is 0 Å². The van der Waals surface area contributed by atoms with Crippen LogP contribution in [0.25, 0.3) is 6.08 Å². The van der Waals surface area contributed by atoms with Crippen molar-refractivity contribution >= 4 is 57.1 Å². The summed E-state index contributed by atoms with van der Waals surface area (Å²) in [6, 6.07) is 5.71. The molecule has 0 bridgehead atoms. The van der Waals surface area contributed by atoms with E-state index in [1.807, 2.05) is 0 Å². The van der Waals surface area contributed by atoms with E-state index < -0.39 is 5.91 Å². The highest BCUT2D eigenvalue weighted by molar-refractivity contribution is 8.18. The Morgan fingerprint density at radius 2 is 1.93 bits per heavy atom. The zero-order valence-corrected chi connectivity index (χ0v) is 17.0. The summed E-state index contributed by atoms with van der Waals surface area (Å²) >= 11 is 8.49. The van der Waals surface area contributed by atoms with Crippen molar-refractivity contribution in [3.63, 3.8) is 0 Å². The maximum atomic E-state index is 13.0. The van der Waals surface area contributed by atoms with E-state index >= 15 is 0 Å². The molecule has 0 atom stereocenters. The van der Waals surface area contributed by atoms with Gasteiger partial charge in [-0.05, 0) is 35.5 Å². The van der Waals surface area contributed by atoms with Crippen LogP contribution in [0.4, 0.5) is 14.3 Å². The van der Waals surface area contributed by atoms with Crippen molar-refractivity contribution in [3.05, 3.63) is 50.6 Å². The van der Waals surface area contributed by atoms with Crippen molar-refractivity contribution in [2.75, 3.05) is 31.2 Å². The lowest BCUT2D eigenvalue weighted by Crippen LogP contribution is -2.36. The van der Waals surface area contributed by atoms with Gasteiger partial charge in [0.15, 0.2) is 5.13 Å². The molecule has 0 saturated carbocycles. The van der Waals surface area contributed by atoms with Crippen molar-refractivity contribution in [2.45, 2.75) is 6.54 Å². The molecule has 1 aromatic carbocycles. The molecule has 2 aliphatic heterocycles. The first-order valence-corrected chi connectivity index (χ1v) is 10.5. The van der Waals surface area contributed by atoms with Crippen LogP contribution < -0.4 is 4.90 Å². The molecular formula is C18H15ClFN3O3S2. The summed E-state index contributed by atoms with van der Waals surface area (Å²) < 4.78 is 18.4. The number of aromatic nitrogens is 1. The quantitative estimate of drug-likeness (QED) is 0.671. The molecule has 28 heavy (non-hydrogen) atoms. The number of hydrogen-bond donors (Lipinski definition) is 0. The summed E-state index contributed by atoms with van der Waals surface area (Å²) in [4.78, 5) is 33.5. The second kappa shape index (κ2) is 8.20. The first-order chi connectivity index (χ1) is 13.5. The van der Waals surface area contributed by atoms with E-state index in [2.05, 4.69) is 9.88 Å². The van der Waals surface area contributed by atoms with Crippen LogP contribution in [0.2, 0.25) is 5.15 Å². The third-order valence-electron chi connectivity index (χ3n) is 4.27. The van der Waals surface area contributed by atoms with Gasteiger partial charge >= 0.3 is 0 Å². The number of carbonyl (C=O) groups is 2. The van der Waals surface area contributed by atoms with Gasteiger partial charge in [-0.25, -0.2) is 9.37 Å². The molecule has 146 valence electrons. The molecule has 10 heteroatoms. The van der Waals surface area contributed by atoms with Gasteiger partial charge in [-0.3, -0.25) is 14.5 Å². The zero-order valence-electron chi connectivity index (χ0n) is 14.6. The zero-order chi connectivity index (χ0) is 19.7. The lowest BCUT2D eigenvalue weighted by atomic mass is 10.2. The maximum absolute atomic E-state index is 13.0. The molecule has 3 heterocycles. The summed E-state index contributed by atoms with van der Waals surface area (Å²) in [5, 5.41) is 0.705. The summed E-state index contributed by atoms with van der Waals surface area (Å²) in [7, 11) is 0. The minimum atomic E-state index is -0.392. The molecule has 0 unspecified atom stereocenters. The lowest BCUT2D eigenvalue weighted by Gasteiger charge is -2.25. The van der Waals surface area contributed by atoms with Crippen molar-refractivity contribution in [1.29, 1.82) is 0 Å². The van der Waals surface area contributed by atoms with Crippen LogP contribution in [0.3, 0.4) is 0 Å². The lowest BCUT2D eigenvalue weighted by molar-refractivity contribution is -0.123. The highest BCUT2D eigenvalue weighted by Gasteiger charge is 2.35. The highest BCUT2D eigenvalue weighted by atomic mass is 35.5. The Bertz CT molecular complexity index is 942. The SMILES string of the molecule is O=C1S/C(=C\c2sc(N3CCOCC3)nc2Cl)C(=O)N1Cc1ccc(F)cc1. The van der Waals surface area contributed by atoms with Crippen molar-refractivity contribution in [2.24, 2.45) is 0 Å². The normalized spacial score (nSPS) is 19.1. The number of ether oxygens (including phenoxy) is 1. The van der Waals surface area contributed by atoms with Gasteiger partial charge in [0.2, 0.25) is 0 Å². The number of halogens is 2. The van der Waals surface area contributed by atoms with Crippen LogP contribution >= 0.6 is 34.7 Å². The summed E-state index contributed by atoms with van der Waals surface area (Å²) in [6.07, 6.45) is 1.61. The topological polar surface area (TPSA) is 62.7 Å². The largest absolute Gasteiger partial charge is 0.378 e. The predicted octanol–water partition coefficient (Wildman–Crippen LogP) is 4.01. The first kappa shape index (κ1) is 19.4. The second-order valence-electron chi connectivity index (χ2n) is 6.15. The third kappa shape index (κ3) is 4.07. The van der Waals surface area contributed by atoms with E-state index in [-0.39, 0.29) is 17.6 Å². The van der Waals surface area contributed by atoms with Gasteiger partial charge in [-0.1, -0.05) is 35.1 Å². The van der Waals surface area contributed by atoms with Crippen LogP contribution in [-0.4, -0.2) is 47.3 Å². The monoisotopic (exact) mass is 439 g/mol. The van der Waals surface area contributed by atoms with Crippen LogP contribution in [-0.2, 0) is 16.1 Å². The molecule has 1 aromatic heterocycles. The van der Waals surface area contributed by atoms with Gasteiger partial charge in [0.25, 0.3) is 11.1 Å². The fourth-order valence-corrected chi connectivity index (χ4v) is 4.96. The number of rotatable bonds is 4. The molecule has 2 fully saturated rings. The Hall–Kier alpha value is -1.94. The average molecular weight is 440 g/mol. The minimum Gasteiger partial charge on any atom is -0.378 e. The Labute approximate surface area is 173 Å². The molecule has 4 rings (SSSR count). The first-order valence-electron chi connectivity index (χ1n) is 8.50. The van der Waals surface area contributed by atoms with E-state index in [4.69, 9.17) is 16.3 Å². The van der Waals surface area contributed by atoms with Crippen molar-refractivity contribution < 1.29 is 18.7 Å². The number of carbonyl (C=O) groups excluding carboxylic acids is 2. The standard InChI is InChI=1S/C18H15ClFN3O3S2/c19-15-13(27-17(21-15)22-5-7-26-8-6-22)9-14-16(24)23(18(25)28-14)10-11-1-3-12(20)4-2-11/h1-4,9H,5-8,10H2/b14-9-. The Morgan fingerprint density at radius 3 is 2.64 bits per heavy atom. The minimum absolute atomic E-state index is 0.0950. The molecule has 0 N–H and O–H groups in total. The van der Waals surface area contributed by atoms with Gasteiger partial charge in [0, 0.05) is 13.1 Å². The van der Waals surface area contributed by atoms with Gasteiger partial charge < -0.3 is 9.64 Å². The van der Waals surface area contributed by atoms with Crippen LogP contribution in [0.1, 0.15) is 10.4 Å². The number of thioether (sulfide) groups is 1. The fraction of sp³-hybridized carbons (Fsp3) is 0.278. The van der Waals surface area contributed by atoms with E-state index in [0.717, 1.165) is 34.9 Å². The van der Waals surface area contributed by atoms with E-state index in [1.165, 1.54) is 23.5 Å². The Balaban J connectivity index is 1.52. The molecule has 0 radical (unpaired) electrons. The van der Waals surface area contributed by atoms with Crippen LogP contribution in [0.5, 0.6) is 0 Å². The second-order valence-corrected chi connectivity index (χ2v) is 8.51. The number of anilines is 1. The molecule has 0 aliphatic carbocycles. The summed E-state index contributed by atoms with van der Waals surface area (Å²) in [6.45, 7) is 2.83. The van der Waals surface area contributed by atoms with Crippen LogP contribution in [0.15, 0.2) is 29.2 Å². The molecule has 2 amide bonds. The number of thiazole rings is 1. The molecule has 2 aromatic rings. The van der Waals surface area contributed by atoms with Crippen molar-refractivity contribution in [1.82, 2.24) is 9.88 Å². The number of morpholine rings is 1. The number of benzene rings is 1. The van der Waals surface area contributed by atoms with Gasteiger partial charge in [-0.15, -0.1) is 0 Å². The fourth-order valence-electron chi connectivity index (χ4n) is 2.81. The summed E-state index contributed by atoms with van der Waals surface area (Å²) in [5.74, 6) is -0.759. The van der Waals surface area contributed by atoms with E-state index in [0.29, 0.717) is 33.7 Å². The highest BCUT2D eigenvalue weighted by Crippen LogP contribution is 2.37. The van der Waals surface area contributed by atoms with Crippen LogP contribution in [0, 0.1) is 5.82 Å². The van der Waals surface area contributed by atoms with Gasteiger partial charge in [0.05, 0.1) is 29.5 Å². The Morgan fingerprint density at radius 1 is 1.21 bits per heavy atom. The smallest absolute Gasteiger partial charge is 0.293 e. The molecular weight excluding hydrogens is 425 g/mol.